The van der Waals surface area contributed by atoms with E-state index in [1.54, 1.807) is 6.20 Å². The first-order chi connectivity index (χ1) is 19.3. The fourth-order valence-corrected chi connectivity index (χ4v) is 6.62. The van der Waals surface area contributed by atoms with Crippen LogP contribution >= 0.6 is 22.9 Å². The van der Waals surface area contributed by atoms with Crippen molar-refractivity contribution in [2.24, 2.45) is 5.73 Å². The van der Waals surface area contributed by atoms with Crippen molar-refractivity contribution in [3.05, 3.63) is 45.9 Å². The summed E-state index contributed by atoms with van der Waals surface area (Å²) in [6, 6.07) is 7.68. The number of ether oxygens (including phenoxy) is 2. The van der Waals surface area contributed by atoms with Crippen molar-refractivity contribution in [3.63, 3.8) is 0 Å². The zero-order chi connectivity index (χ0) is 28.2. The molecule has 2 aliphatic heterocycles. The van der Waals surface area contributed by atoms with Crippen molar-refractivity contribution in [2.75, 3.05) is 32.8 Å². The number of aryl methyl sites for hydroxylation is 1. The van der Waals surface area contributed by atoms with E-state index in [0.29, 0.717) is 44.3 Å². The number of nitrogens with zero attached hydrogens (tertiary/aromatic N) is 3. The smallest absolute Gasteiger partial charge is 0.230 e. The van der Waals surface area contributed by atoms with Crippen molar-refractivity contribution in [1.82, 2.24) is 14.8 Å². The van der Waals surface area contributed by atoms with Crippen LogP contribution in [0.4, 0.5) is 0 Å². The van der Waals surface area contributed by atoms with Crippen LogP contribution < -0.4 is 10.5 Å². The van der Waals surface area contributed by atoms with Gasteiger partial charge in [0, 0.05) is 72.5 Å². The molecule has 0 unspecified atom stereocenters. The summed E-state index contributed by atoms with van der Waals surface area (Å²) in [5.74, 6) is 0.578. The minimum Gasteiger partial charge on any atom is -0.489 e. The molecular weight excluding hydrogens is 552 g/mol. The number of pyridine rings is 1. The van der Waals surface area contributed by atoms with E-state index in [-0.39, 0.29) is 43.2 Å². The Morgan fingerprint density at radius 2 is 1.88 bits per heavy atom. The summed E-state index contributed by atoms with van der Waals surface area (Å²) in [6.07, 6.45) is 4.06. The summed E-state index contributed by atoms with van der Waals surface area (Å²) in [7, 11) is 0. The molecule has 0 aliphatic carbocycles. The molecule has 9 nitrogen and oxygen atoms in total. The number of piperidine rings is 1. The maximum atomic E-state index is 12.5. The minimum atomic E-state index is -0.135. The number of nitrogens with two attached hydrogens (primary N) is 1. The number of halogens is 1. The van der Waals surface area contributed by atoms with Crippen LogP contribution in [0.5, 0.6) is 5.75 Å². The molecule has 5 rings (SSSR count). The van der Waals surface area contributed by atoms with E-state index in [4.69, 9.17) is 26.8 Å². The molecule has 2 saturated heterocycles. The van der Waals surface area contributed by atoms with Crippen molar-refractivity contribution >= 4 is 50.9 Å². The first-order valence-electron chi connectivity index (χ1n) is 13.6. The molecule has 0 saturated carbocycles. The molecule has 3 amide bonds. The Bertz CT molecular complexity index is 1400. The number of amides is 3. The number of hydrogen-bond acceptors (Lipinski definition) is 8. The second kappa shape index (κ2) is 12.6. The standard InChI is InChI=1S/C29H33ClN4O5S/c1-18-14-19(30)15-23(28(18)39-20-5-10-33(11-6-20)25(35)7-12-38-13-8-31)22-4-9-32-24-16-21(40-29(22)24)17-34-26(36)2-3-27(34)37/h4,9,14-16,20H,2-3,5-8,10-13,17,31H2,1H3. The van der Waals surface area contributed by atoms with Crippen molar-refractivity contribution in [1.29, 1.82) is 0 Å². The van der Waals surface area contributed by atoms with Gasteiger partial charge in [0.2, 0.25) is 17.7 Å². The second-order valence-corrected chi connectivity index (χ2v) is 11.7. The molecule has 2 N–H and O–H groups in total. The van der Waals surface area contributed by atoms with Crippen LogP contribution in [0.15, 0.2) is 30.5 Å². The van der Waals surface area contributed by atoms with E-state index < -0.39 is 0 Å². The van der Waals surface area contributed by atoms with Gasteiger partial charge in [0.1, 0.15) is 11.9 Å². The van der Waals surface area contributed by atoms with E-state index >= 15 is 0 Å². The summed E-state index contributed by atoms with van der Waals surface area (Å²) in [6.45, 7) is 4.78. The van der Waals surface area contributed by atoms with Gasteiger partial charge in [-0.2, -0.15) is 0 Å². The van der Waals surface area contributed by atoms with Gasteiger partial charge in [-0.05, 0) is 36.8 Å². The summed E-state index contributed by atoms with van der Waals surface area (Å²) in [4.78, 5) is 45.5. The molecule has 2 aliphatic rings. The monoisotopic (exact) mass is 584 g/mol. The van der Waals surface area contributed by atoms with Crippen molar-refractivity contribution in [3.8, 4) is 16.9 Å². The average Bonchev–Trinajstić information content (AvgIpc) is 3.50. The number of hydrogen-bond donors (Lipinski definition) is 1. The van der Waals surface area contributed by atoms with Gasteiger partial charge >= 0.3 is 0 Å². The number of carbonyl (C=O) groups is 3. The number of carbonyl (C=O) groups excluding carboxylic acids is 3. The number of imide groups is 1. The van der Waals surface area contributed by atoms with E-state index in [2.05, 4.69) is 4.98 Å². The van der Waals surface area contributed by atoms with E-state index in [0.717, 1.165) is 50.4 Å². The zero-order valence-electron chi connectivity index (χ0n) is 22.5. The van der Waals surface area contributed by atoms with Gasteiger partial charge in [0.05, 0.1) is 36.4 Å². The predicted molar refractivity (Wildman–Crippen MR) is 154 cm³/mol. The fraction of sp³-hybridized carbons (Fsp3) is 0.448. The van der Waals surface area contributed by atoms with Crippen LogP contribution in [0.3, 0.4) is 0 Å². The van der Waals surface area contributed by atoms with E-state index in [1.165, 1.54) is 16.2 Å². The van der Waals surface area contributed by atoms with Crippen LogP contribution in [0.25, 0.3) is 21.3 Å². The molecule has 40 heavy (non-hydrogen) atoms. The van der Waals surface area contributed by atoms with Gasteiger partial charge in [0.15, 0.2) is 0 Å². The number of likely N-dealkylation sites (tertiary alicyclic amines) is 2. The highest BCUT2D eigenvalue weighted by Gasteiger charge is 2.30. The highest BCUT2D eigenvalue weighted by atomic mass is 35.5. The summed E-state index contributed by atoms with van der Waals surface area (Å²) in [5, 5.41) is 0.604. The summed E-state index contributed by atoms with van der Waals surface area (Å²) in [5.41, 5.74) is 8.96. The van der Waals surface area contributed by atoms with Gasteiger partial charge < -0.3 is 20.1 Å². The van der Waals surface area contributed by atoms with Gasteiger partial charge in [-0.3, -0.25) is 24.3 Å². The first-order valence-corrected chi connectivity index (χ1v) is 14.8. The molecule has 2 fully saturated rings. The quantitative estimate of drug-likeness (QED) is 0.279. The van der Waals surface area contributed by atoms with Gasteiger partial charge in [-0.1, -0.05) is 11.6 Å². The Labute approximate surface area is 242 Å². The topological polar surface area (TPSA) is 115 Å². The Hall–Kier alpha value is -3.05. The van der Waals surface area contributed by atoms with Crippen LogP contribution in [0.2, 0.25) is 5.02 Å². The van der Waals surface area contributed by atoms with Crippen LogP contribution in [0.1, 0.15) is 42.5 Å². The molecule has 11 heteroatoms. The average molecular weight is 585 g/mol. The molecule has 2 aromatic heterocycles. The lowest BCUT2D eigenvalue weighted by molar-refractivity contribution is -0.139. The lowest BCUT2D eigenvalue weighted by Crippen LogP contribution is -2.42. The Kier molecular flexibility index (Phi) is 9.00. The van der Waals surface area contributed by atoms with Crippen LogP contribution in [-0.2, 0) is 25.7 Å². The van der Waals surface area contributed by atoms with Gasteiger partial charge in [0.25, 0.3) is 0 Å². The predicted octanol–water partition coefficient (Wildman–Crippen LogP) is 4.31. The van der Waals surface area contributed by atoms with Gasteiger partial charge in [-0.15, -0.1) is 11.3 Å². The molecule has 1 aromatic carbocycles. The maximum Gasteiger partial charge on any atom is 0.230 e. The maximum absolute atomic E-state index is 12.5. The molecule has 4 heterocycles. The largest absolute Gasteiger partial charge is 0.489 e. The third kappa shape index (κ3) is 6.30. The number of aromatic nitrogens is 1. The minimum absolute atomic E-state index is 0.0421. The molecule has 0 spiro atoms. The number of thiophene rings is 1. The molecule has 0 atom stereocenters. The molecule has 0 bridgehead atoms. The molecule has 3 aromatic rings. The Balaban J connectivity index is 1.34. The highest BCUT2D eigenvalue weighted by molar-refractivity contribution is 7.19. The lowest BCUT2D eigenvalue weighted by atomic mass is 10.0. The lowest BCUT2D eigenvalue weighted by Gasteiger charge is -2.33. The molecule has 0 radical (unpaired) electrons. The van der Waals surface area contributed by atoms with Crippen LogP contribution in [0, 0.1) is 6.92 Å². The summed E-state index contributed by atoms with van der Waals surface area (Å²) >= 11 is 8.04. The van der Waals surface area contributed by atoms with E-state index in [1.807, 2.05) is 36.1 Å². The molecule has 212 valence electrons. The fourth-order valence-electron chi connectivity index (χ4n) is 5.21. The Morgan fingerprint density at radius 3 is 2.60 bits per heavy atom. The molecular formula is C29H33ClN4O5S. The first kappa shape index (κ1) is 28.5. The number of fused-ring (bicyclic) bond motifs is 1. The second-order valence-electron chi connectivity index (χ2n) is 10.1. The number of rotatable bonds is 10. The SMILES string of the molecule is Cc1cc(Cl)cc(-c2ccnc3cc(CN4C(=O)CCC4=O)sc23)c1OC1CCN(C(=O)CCOCCN)CC1. The van der Waals surface area contributed by atoms with Crippen molar-refractivity contribution < 1.29 is 23.9 Å². The number of benzene rings is 1. The third-order valence-electron chi connectivity index (χ3n) is 7.26. The normalized spacial score (nSPS) is 16.4. The highest BCUT2D eigenvalue weighted by Crippen LogP contribution is 2.42. The van der Waals surface area contributed by atoms with Crippen molar-refractivity contribution in [2.45, 2.75) is 51.7 Å². The Morgan fingerprint density at radius 1 is 1.12 bits per heavy atom. The summed E-state index contributed by atoms with van der Waals surface area (Å²) < 4.78 is 12.9. The van der Waals surface area contributed by atoms with Crippen LogP contribution in [-0.4, -0.2) is 71.5 Å². The zero-order valence-corrected chi connectivity index (χ0v) is 24.1. The third-order valence-corrected chi connectivity index (χ3v) is 8.62. The van der Waals surface area contributed by atoms with Gasteiger partial charge in [-0.25, -0.2) is 0 Å². The van der Waals surface area contributed by atoms with E-state index in [9.17, 15) is 14.4 Å².